The molecule has 0 saturated carbocycles. The van der Waals surface area contributed by atoms with Crippen molar-refractivity contribution in [3.8, 4) is 16.9 Å². The third-order valence-electron chi connectivity index (χ3n) is 8.45. The molecule has 12 heteroatoms. The molecule has 5 rings (SSSR count). The number of rotatable bonds is 4. The molecule has 44 heavy (non-hydrogen) atoms. The van der Waals surface area contributed by atoms with E-state index in [2.05, 4.69) is 5.32 Å². The maximum Gasteiger partial charge on any atom is 0.412 e. The zero-order chi connectivity index (χ0) is 32.5. The molecule has 0 aromatic heterocycles. The third kappa shape index (κ3) is 4.80. The van der Waals surface area contributed by atoms with Crippen molar-refractivity contribution in [3.05, 3.63) is 70.2 Å². The zero-order valence-corrected chi connectivity index (χ0v) is 25.0. The highest BCUT2D eigenvalue weighted by atomic mass is 16.6. The Morgan fingerprint density at radius 1 is 1.05 bits per heavy atom. The number of carbonyl (C=O) groups excluding carboxylic acids is 4. The highest BCUT2D eigenvalue weighted by molar-refractivity contribution is 6.25. The van der Waals surface area contributed by atoms with Crippen molar-refractivity contribution >= 4 is 29.3 Å². The molecule has 3 aliphatic carbocycles. The van der Waals surface area contributed by atoms with Gasteiger partial charge < -0.3 is 30.9 Å². The van der Waals surface area contributed by atoms with Gasteiger partial charge in [0.15, 0.2) is 11.4 Å². The minimum absolute atomic E-state index is 0.0143. The van der Waals surface area contributed by atoms with E-state index in [0.29, 0.717) is 22.4 Å². The topological polar surface area (TPSA) is 200 Å². The van der Waals surface area contributed by atoms with E-state index in [4.69, 9.17) is 10.5 Å². The summed E-state index contributed by atoms with van der Waals surface area (Å²) in [7, 11) is 3.15. The van der Waals surface area contributed by atoms with Crippen molar-refractivity contribution in [3.63, 3.8) is 0 Å². The summed E-state index contributed by atoms with van der Waals surface area (Å²) in [5.41, 5.74) is 3.12. The van der Waals surface area contributed by atoms with Crippen LogP contribution in [-0.4, -0.2) is 80.2 Å². The summed E-state index contributed by atoms with van der Waals surface area (Å²) in [6, 6.07) is 8.74. The Kier molecular flexibility index (Phi) is 7.34. The van der Waals surface area contributed by atoms with Crippen LogP contribution in [0.2, 0.25) is 0 Å². The van der Waals surface area contributed by atoms with Crippen LogP contribution in [0.25, 0.3) is 11.1 Å². The quantitative estimate of drug-likeness (QED) is 0.281. The van der Waals surface area contributed by atoms with Crippen LogP contribution in [0.3, 0.4) is 0 Å². The van der Waals surface area contributed by atoms with Crippen molar-refractivity contribution in [1.29, 1.82) is 0 Å². The third-order valence-corrected chi connectivity index (χ3v) is 8.45. The monoisotopic (exact) mass is 605 g/mol. The number of phenolic OH excluding ortho intramolecular Hbond substituents is 1. The Balaban J connectivity index is 1.57. The van der Waals surface area contributed by atoms with Gasteiger partial charge in [0, 0.05) is 17.2 Å². The number of carbonyl (C=O) groups is 4. The van der Waals surface area contributed by atoms with Gasteiger partial charge >= 0.3 is 6.09 Å². The number of phenols is 1. The van der Waals surface area contributed by atoms with E-state index in [1.54, 1.807) is 65.2 Å². The lowest BCUT2D eigenvalue weighted by atomic mass is 9.58. The molecule has 0 unspecified atom stereocenters. The van der Waals surface area contributed by atoms with Crippen LogP contribution in [0.15, 0.2) is 59.1 Å². The average molecular weight is 606 g/mol. The van der Waals surface area contributed by atoms with Crippen molar-refractivity contribution < 1.29 is 44.3 Å². The van der Waals surface area contributed by atoms with Crippen LogP contribution in [0.1, 0.15) is 43.1 Å². The van der Waals surface area contributed by atoms with Crippen molar-refractivity contribution in [1.82, 2.24) is 4.90 Å². The fraction of sp³-hybridized carbons (Fsp3) is 0.375. The summed E-state index contributed by atoms with van der Waals surface area (Å²) in [6.07, 6.45) is -0.481. The lowest BCUT2D eigenvalue weighted by molar-refractivity contribution is -0.148. The molecule has 0 fully saturated rings. The largest absolute Gasteiger partial charge is 0.510 e. The summed E-state index contributed by atoms with van der Waals surface area (Å²) in [6.45, 7) is 5.26. The number of Topliss-reactive ketones (excluding diaryl/α,β-unsaturated/α-hetero) is 2. The molecule has 0 saturated heterocycles. The Hall–Kier alpha value is -4.68. The molecule has 0 radical (unpaired) electrons. The second kappa shape index (κ2) is 10.5. The number of aliphatic hydroxyl groups excluding tert-OH is 2. The number of amides is 2. The van der Waals surface area contributed by atoms with Gasteiger partial charge in [0.25, 0.3) is 5.91 Å². The second-order valence-corrected chi connectivity index (χ2v) is 12.7. The minimum Gasteiger partial charge on any atom is -0.510 e. The molecule has 2 amide bonds. The Bertz CT molecular complexity index is 1670. The molecule has 0 aliphatic heterocycles. The van der Waals surface area contributed by atoms with Gasteiger partial charge in [-0.15, -0.1) is 0 Å². The molecule has 0 spiro atoms. The number of allylic oxidation sites excluding steroid dienone is 1. The van der Waals surface area contributed by atoms with Gasteiger partial charge in [-0.1, -0.05) is 18.2 Å². The maximum absolute atomic E-state index is 13.9. The number of primary amides is 1. The zero-order valence-electron chi connectivity index (χ0n) is 25.0. The molecule has 0 bridgehead atoms. The molecule has 2 aromatic carbocycles. The predicted octanol–water partition coefficient (Wildman–Crippen LogP) is 3.13. The van der Waals surface area contributed by atoms with Gasteiger partial charge in [-0.05, 0) is 88.5 Å². The van der Waals surface area contributed by atoms with E-state index in [9.17, 15) is 39.6 Å². The summed E-state index contributed by atoms with van der Waals surface area (Å²) >= 11 is 0. The summed E-state index contributed by atoms with van der Waals surface area (Å²) < 4.78 is 5.29. The Labute approximate surface area is 253 Å². The van der Waals surface area contributed by atoms with Crippen LogP contribution < -0.4 is 11.1 Å². The molecule has 3 aliphatic rings. The number of anilines is 1. The van der Waals surface area contributed by atoms with Gasteiger partial charge in [0.1, 0.15) is 28.4 Å². The van der Waals surface area contributed by atoms with Crippen molar-refractivity contribution in [2.24, 2.45) is 17.6 Å². The number of fused-ring (bicyclic) bond motifs is 3. The average Bonchev–Trinajstić information content (AvgIpc) is 2.90. The van der Waals surface area contributed by atoms with Gasteiger partial charge in [-0.2, -0.15) is 0 Å². The molecular weight excluding hydrogens is 570 g/mol. The number of ketones is 2. The van der Waals surface area contributed by atoms with Crippen LogP contribution in [0.5, 0.6) is 5.75 Å². The fourth-order valence-electron chi connectivity index (χ4n) is 6.68. The molecular formula is C32H35N3O9. The van der Waals surface area contributed by atoms with E-state index >= 15 is 0 Å². The highest BCUT2D eigenvalue weighted by Gasteiger charge is 2.63. The first-order chi connectivity index (χ1) is 20.5. The number of benzene rings is 2. The van der Waals surface area contributed by atoms with Crippen molar-refractivity contribution in [2.75, 3.05) is 19.4 Å². The van der Waals surface area contributed by atoms with Gasteiger partial charge in [-0.25, -0.2) is 4.79 Å². The van der Waals surface area contributed by atoms with Crippen LogP contribution in [0, 0.1) is 11.8 Å². The van der Waals surface area contributed by atoms with E-state index in [0.717, 1.165) is 0 Å². The smallest absolute Gasteiger partial charge is 0.412 e. The van der Waals surface area contributed by atoms with Gasteiger partial charge in [0.05, 0.1) is 11.6 Å². The molecule has 2 aromatic rings. The number of nitrogens with zero attached hydrogens (tertiary/aromatic N) is 1. The number of hydrogen-bond donors (Lipinski definition) is 6. The summed E-state index contributed by atoms with van der Waals surface area (Å²) in [4.78, 5) is 53.2. The number of aliphatic hydroxyl groups is 3. The van der Waals surface area contributed by atoms with E-state index in [1.165, 1.54) is 11.0 Å². The van der Waals surface area contributed by atoms with Crippen molar-refractivity contribution in [2.45, 2.75) is 50.9 Å². The Morgan fingerprint density at radius 3 is 2.25 bits per heavy atom. The minimum atomic E-state index is -2.70. The number of hydrogen-bond acceptors (Lipinski definition) is 10. The summed E-state index contributed by atoms with van der Waals surface area (Å²) in [5.74, 6) is -7.04. The summed E-state index contributed by atoms with van der Waals surface area (Å²) in [5, 5.41) is 47.6. The number of nitrogens with two attached hydrogens (primary N) is 1. The number of nitrogens with one attached hydrogen (secondary N) is 1. The van der Waals surface area contributed by atoms with E-state index in [1.807, 2.05) is 0 Å². The number of aromatic hydroxyl groups is 1. The molecule has 232 valence electrons. The van der Waals surface area contributed by atoms with Gasteiger partial charge in [0.2, 0.25) is 5.78 Å². The molecule has 4 atom stereocenters. The van der Waals surface area contributed by atoms with Crippen LogP contribution in [0.4, 0.5) is 10.5 Å². The standard InChI is InChI=1S/C32H35N3O9/c1-31(2,3)44-30(42)34-16-8-6-14(7-9-16)17-10-11-20(36)22-18(17)12-15-13-19-24(35(4)5)26(38)23(29(33)41)28(40)32(19,43)27(39)21(15)25(22)37/h6-11,15,19,24,36,38-39,43H,12-13H2,1-5H3,(H2,33,41)(H,34,42)/t15-,19-,24-,32-/m0/s1. The first kappa shape index (κ1) is 30.8. The fourth-order valence-corrected chi connectivity index (χ4v) is 6.68. The van der Waals surface area contributed by atoms with E-state index < -0.39 is 69.7 Å². The lowest BCUT2D eigenvalue weighted by Gasteiger charge is -2.50. The first-order valence-corrected chi connectivity index (χ1v) is 14.1. The van der Waals surface area contributed by atoms with Crippen LogP contribution in [-0.2, 0) is 20.7 Å². The SMILES string of the molecule is CN(C)[C@@H]1C(O)=C(C(N)=O)C(=O)[C@@]2(O)C(O)=C3C(=O)c4c(O)ccc(-c5ccc(NC(=O)OC(C)(C)C)cc5)c4C[C@H]3C[C@@H]12. The number of likely N-dealkylation sites (N-methyl/N-ethyl adjacent to an activating group) is 1. The molecule has 7 N–H and O–H groups in total. The Morgan fingerprint density at radius 2 is 1.68 bits per heavy atom. The van der Waals surface area contributed by atoms with Crippen LogP contribution >= 0.6 is 0 Å². The predicted molar refractivity (Wildman–Crippen MR) is 159 cm³/mol. The molecule has 12 nitrogen and oxygen atoms in total. The normalized spacial score (nSPS) is 24.9. The number of ether oxygens (including phenoxy) is 1. The maximum atomic E-state index is 13.9. The first-order valence-electron chi connectivity index (χ1n) is 14.1. The van der Waals surface area contributed by atoms with E-state index in [-0.39, 0.29) is 29.7 Å². The highest BCUT2D eigenvalue weighted by Crippen LogP contribution is 2.53. The molecule has 0 heterocycles. The lowest BCUT2D eigenvalue weighted by Crippen LogP contribution is -2.63. The second-order valence-electron chi connectivity index (χ2n) is 12.7. The van der Waals surface area contributed by atoms with Gasteiger partial charge in [-0.3, -0.25) is 24.6 Å².